The average molecular weight is 348 g/mol. The fourth-order valence-corrected chi connectivity index (χ4v) is 3.25. The number of nitrogens with one attached hydrogen (secondary N) is 2. The number of aliphatic carboxylic acids is 1. The first-order chi connectivity index (χ1) is 11.7. The van der Waals surface area contributed by atoms with E-state index in [0.717, 1.165) is 0 Å². The summed E-state index contributed by atoms with van der Waals surface area (Å²) in [5.41, 5.74) is -1.60. The smallest absolute Gasteiger partial charge is 0.330 e. The second kappa shape index (κ2) is 6.84. The van der Waals surface area contributed by atoms with E-state index in [4.69, 9.17) is 4.74 Å². The fraction of sp³-hybridized carbons (Fsp3) is 0.500. The van der Waals surface area contributed by atoms with E-state index in [-0.39, 0.29) is 24.0 Å². The van der Waals surface area contributed by atoms with Gasteiger partial charge in [0.15, 0.2) is 0 Å². The van der Waals surface area contributed by atoms with Crippen LogP contribution in [-0.2, 0) is 9.53 Å². The van der Waals surface area contributed by atoms with Gasteiger partial charge in [-0.05, 0) is 25.1 Å². The van der Waals surface area contributed by atoms with Gasteiger partial charge in [-0.2, -0.15) is 0 Å². The second-order valence-electron chi connectivity index (χ2n) is 6.69. The highest BCUT2D eigenvalue weighted by molar-refractivity contribution is 6.01. The van der Waals surface area contributed by atoms with Crippen LogP contribution in [0.4, 0.5) is 0 Å². The summed E-state index contributed by atoms with van der Waals surface area (Å²) in [5, 5.41) is 14.9. The molecule has 3 N–H and O–H groups in total. The van der Waals surface area contributed by atoms with E-state index >= 15 is 0 Å². The lowest BCUT2D eigenvalue weighted by Crippen LogP contribution is -2.76. The number of benzene rings is 1. The van der Waals surface area contributed by atoms with E-state index in [1.807, 2.05) is 6.92 Å². The van der Waals surface area contributed by atoms with Crippen molar-refractivity contribution in [2.45, 2.75) is 38.8 Å². The molecular weight excluding hydrogens is 324 g/mol. The predicted octanol–water partition coefficient (Wildman–Crippen LogP) is 1.43. The molecule has 0 spiro atoms. The number of ether oxygens (including phenoxy) is 1. The van der Waals surface area contributed by atoms with Crippen molar-refractivity contribution in [3.63, 3.8) is 0 Å². The standard InChI is InChI=1S/C18H24N2O5/c1-5-25-13-10-18(16(23)24,17(13,2)3)20-15(22)12-8-6-7-11(9-12)14(21)19-4/h6-9,13H,5,10H2,1-4H3,(H,19,21)(H,20,22)(H,23,24). The molecule has 2 rings (SSSR count). The molecule has 0 aliphatic heterocycles. The number of hydrogen-bond acceptors (Lipinski definition) is 4. The Balaban J connectivity index is 2.26. The molecule has 0 saturated heterocycles. The largest absolute Gasteiger partial charge is 0.479 e. The highest BCUT2D eigenvalue weighted by atomic mass is 16.5. The molecule has 1 aliphatic carbocycles. The van der Waals surface area contributed by atoms with E-state index in [0.29, 0.717) is 12.2 Å². The molecule has 1 aromatic carbocycles. The number of hydrogen-bond donors (Lipinski definition) is 3. The quantitative estimate of drug-likeness (QED) is 0.721. The SMILES string of the molecule is CCOC1CC(NC(=O)c2cccc(C(=O)NC)c2)(C(=O)O)C1(C)C. The Kier molecular flexibility index (Phi) is 5.17. The molecule has 7 heteroatoms. The van der Waals surface area contributed by atoms with Gasteiger partial charge in [0.2, 0.25) is 0 Å². The average Bonchev–Trinajstić information content (AvgIpc) is 2.59. The van der Waals surface area contributed by atoms with Crippen molar-refractivity contribution in [1.82, 2.24) is 10.6 Å². The maximum absolute atomic E-state index is 12.6. The number of carbonyl (C=O) groups is 3. The molecule has 1 aliphatic rings. The summed E-state index contributed by atoms with van der Waals surface area (Å²) in [6, 6.07) is 6.15. The first kappa shape index (κ1) is 18.9. The zero-order chi connectivity index (χ0) is 18.8. The molecule has 136 valence electrons. The molecule has 7 nitrogen and oxygen atoms in total. The third-order valence-corrected chi connectivity index (χ3v) is 5.07. The third kappa shape index (κ3) is 3.11. The Bertz CT molecular complexity index is 700. The van der Waals surface area contributed by atoms with Crippen molar-refractivity contribution in [2.75, 3.05) is 13.7 Å². The van der Waals surface area contributed by atoms with E-state index in [2.05, 4.69) is 10.6 Å². The van der Waals surface area contributed by atoms with Gasteiger partial charge in [0.05, 0.1) is 6.10 Å². The highest BCUT2D eigenvalue weighted by Gasteiger charge is 2.66. The van der Waals surface area contributed by atoms with Crippen LogP contribution in [0.2, 0.25) is 0 Å². The van der Waals surface area contributed by atoms with Gasteiger partial charge in [-0.1, -0.05) is 19.9 Å². The predicted molar refractivity (Wildman–Crippen MR) is 91.5 cm³/mol. The van der Waals surface area contributed by atoms with Crippen molar-refractivity contribution in [2.24, 2.45) is 5.41 Å². The molecule has 1 fully saturated rings. The van der Waals surface area contributed by atoms with Crippen molar-refractivity contribution < 1.29 is 24.2 Å². The molecule has 25 heavy (non-hydrogen) atoms. The van der Waals surface area contributed by atoms with Gasteiger partial charge in [0, 0.05) is 36.6 Å². The molecule has 0 radical (unpaired) electrons. The van der Waals surface area contributed by atoms with Crippen LogP contribution >= 0.6 is 0 Å². The maximum atomic E-state index is 12.6. The van der Waals surface area contributed by atoms with Gasteiger partial charge >= 0.3 is 5.97 Å². The van der Waals surface area contributed by atoms with Crippen LogP contribution in [0.1, 0.15) is 47.9 Å². The Hall–Kier alpha value is -2.41. The van der Waals surface area contributed by atoms with Gasteiger partial charge in [0.1, 0.15) is 5.54 Å². The number of amides is 2. The normalized spacial score (nSPS) is 24.1. The topological polar surface area (TPSA) is 105 Å². The van der Waals surface area contributed by atoms with Gasteiger partial charge < -0.3 is 20.5 Å². The minimum Gasteiger partial charge on any atom is -0.479 e. The zero-order valence-electron chi connectivity index (χ0n) is 14.9. The first-order valence-electron chi connectivity index (χ1n) is 8.19. The Morgan fingerprint density at radius 1 is 1.24 bits per heavy atom. The van der Waals surface area contributed by atoms with E-state index in [9.17, 15) is 19.5 Å². The van der Waals surface area contributed by atoms with Crippen molar-refractivity contribution >= 4 is 17.8 Å². The van der Waals surface area contributed by atoms with E-state index < -0.39 is 22.8 Å². The Morgan fingerprint density at radius 2 is 1.84 bits per heavy atom. The lowest BCUT2D eigenvalue weighted by Gasteiger charge is -2.58. The molecule has 1 aromatic rings. The molecular formula is C18H24N2O5. The van der Waals surface area contributed by atoms with Crippen LogP contribution in [0, 0.1) is 5.41 Å². The summed E-state index contributed by atoms with van der Waals surface area (Å²) in [5.74, 6) is -1.94. The van der Waals surface area contributed by atoms with Crippen molar-refractivity contribution in [1.29, 1.82) is 0 Å². The molecule has 1 saturated carbocycles. The number of carbonyl (C=O) groups excluding carboxylic acids is 2. The minimum atomic E-state index is -1.41. The molecule has 2 amide bonds. The lowest BCUT2D eigenvalue weighted by molar-refractivity contribution is -0.190. The fourth-order valence-electron chi connectivity index (χ4n) is 3.25. The van der Waals surface area contributed by atoms with Crippen LogP contribution < -0.4 is 10.6 Å². The zero-order valence-corrected chi connectivity index (χ0v) is 14.9. The summed E-state index contributed by atoms with van der Waals surface area (Å²) < 4.78 is 5.58. The van der Waals surface area contributed by atoms with Gasteiger partial charge in [-0.25, -0.2) is 4.79 Å². The van der Waals surface area contributed by atoms with Crippen LogP contribution in [0.5, 0.6) is 0 Å². The van der Waals surface area contributed by atoms with Crippen LogP contribution in [-0.4, -0.2) is 48.2 Å². The summed E-state index contributed by atoms with van der Waals surface area (Å²) in [6.45, 7) is 5.87. The molecule has 0 bridgehead atoms. The first-order valence-corrected chi connectivity index (χ1v) is 8.19. The number of rotatable bonds is 6. The monoisotopic (exact) mass is 348 g/mol. The number of carboxylic acid groups (broad SMARTS) is 1. The lowest BCUT2D eigenvalue weighted by atomic mass is 9.54. The molecule has 0 heterocycles. The number of carboxylic acids is 1. The summed E-state index contributed by atoms with van der Waals surface area (Å²) in [4.78, 5) is 36.3. The van der Waals surface area contributed by atoms with Crippen LogP contribution in [0.25, 0.3) is 0 Å². The van der Waals surface area contributed by atoms with E-state index in [1.54, 1.807) is 32.0 Å². The van der Waals surface area contributed by atoms with Crippen molar-refractivity contribution in [3.8, 4) is 0 Å². The Labute approximate surface area is 146 Å². The Morgan fingerprint density at radius 3 is 2.32 bits per heavy atom. The summed E-state index contributed by atoms with van der Waals surface area (Å²) in [6.07, 6.45) is -0.0459. The summed E-state index contributed by atoms with van der Waals surface area (Å²) in [7, 11) is 1.50. The minimum absolute atomic E-state index is 0.198. The summed E-state index contributed by atoms with van der Waals surface area (Å²) >= 11 is 0. The molecule has 0 aromatic heterocycles. The van der Waals surface area contributed by atoms with Crippen LogP contribution in [0.15, 0.2) is 24.3 Å². The van der Waals surface area contributed by atoms with E-state index in [1.165, 1.54) is 13.1 Å². The molecule has 2 unspecified atom stereocenters. The third-order valence-electron chi connectivity index (χ3n) is 5.07. The van der Waals surface area contributed by atoms with Gasteiger partial charge in [-0.3, -0.25) is 9.59 Å². The van der Waals surface area contributed by atoms with Crippen molar-refractivity contribution in [3.05, 3.63) is 35.4 Å². The highest BCUT2D eigenvalue weighted by Crippen LogP contribution is 2.51. The molecule has 2 atom stereocenters. The maximum Gasteiger partial charge on any atom is 0.330 e. The van der Waals surface area contributed by atoms with Crippen LogP contribution in [0.3, 0.4) is 0 Å². The van der Waals surface area contributed by atoms with Gasteiger partial charge in [0.25, 0.3) is 11.8 Å². The van der Waals surface area contributed by atoms with Gasteiger partial charge in [-0.15, -0.1) is 0 Å². The second-order valence-corrected chi connectivity index (χ2v) is 6.69.